The van der Waals surface area contributed by atoms with E-state index in [-0.39, 0.29) is 11.5 Å². The van der Waals surface area contributed by atoms with Crippen molar-refractivity contribution in [3.63, 3.8) is 0 Å². The number of halogens is 1. The lowest BCUT2D eigenvalue weighted by Crippen LogP contribution is -2.22. The zero-order valence-electron chi connectivity index (χ0n) is 19.1. The van der Waals surface area contributed by atoms with E-state index in [0.29, 0.717) is 63.4 Å². The molecular weight excluding hydrogens is 454 g/mol. The van der Waals surface area contributed by atoms with Crippen molar-refractivity contribution < 1.29 is 14.3 Å². The number of nitrogens with zero attached hydrogens (tertiary/aromatic N) is 2. The van der Waals surface area contributed by atoms with Crippen LogP contribution in [0.2, 0.25) is 5.02 Å². The third kappa shape index (κ3) is 4.61. The largest absolute Gasteiger partial charge is 0.490 e. The molecular formula is C26H24ClN3O4. The molecule has 4 rings (SSSR count). The van der Waals surface area contributed by atoms with E-state index in [1.807, 2.05) is 19.9 Å². The molecule has 0 aliphatic heterocycles. The maximum Gasteiger partial charge on any atom is 0.265 e. The molecule has 0 aliphatic carbocycles. The Morgan fingerprint density at radius 2 is 1.74 bits per heavy atom. The SMILES string of the molecule is CCOc1ccc(C(=O)Nc2cc(-n3c(C)nc4ccccc4c3=O)ccc2Cl)cc1OCC. The van der Waals surface area contributed by atoms with Crippen molar-refractivity contribution in [2.24, 2.45) is 0 Å². The monoisotopic (exact) mass is 477 g/mol. The molecule has 0 atom stereocenters. The standard InChI is InChI=1S/C26H24ClN3O4/c1-4-33-23-13-10-17(14-24(23)34-5-2)25(31)29-22-15-18(11-12-20(22)27)30-16(3)28-21-9-7-6-8-19(21)26(30)32/h6-15H,4-5H2,1-3H3,(H,29,31). The lowest BCUT2D eigenvalue weighted by atomic mass is 10.1. The molecule has 174 valence electrons. The molecule has 1 N–H and O–H groups in total. The van der Waals surface area contributed by atoms with Gasteiger partial charge in [-0.3, -0.25) is 14.2 Å². The van der Waals surface area contributed by atoms with Gasteiger partial charge in [0.05, 0.1) is 40.5 Å². The van der Waals surface area contributed by atoms with Gasteiger partial charge in [-0.05, 0) is 69.3 Å². The van der Waals surface area contributed by atoms with Crippen LogP contribution in [0.3, 0.4) is 0 Å². The summed E-state index contributed by atoms with van der Waals surface area (Å²) in [6, 6.07) is 17.2. The molecule has 3 aromatic carbocycles. The Morgan fingerprint density at radius 3 is 2.50 bits per heavy atom. The van der Waals surface area contributed by atoms with E-state index in [0.717, 1.165) is 0 Å². The molecule has 0 aliphatic rings. The van der Waals surface area contributed by atoms with Gasteiger partial charge in [-0.15, -0.1) is 0 Å². The summed E-state index contributed by atoms with van der Waals surface area (Å²) in [5.41, 5.74) is 1.73. The van der Waals surface area contributed by atoms with Gasteiger partial charge in [-0.2, -0.15) is 0 Å². The number of amides is 1. The van der Waals surface area contributed by atoms with Gasteiger partial charge in [0, 0.05) is 5.56 Å². The Hall–Kier alpha value is -3.84. The molecule has 0 bridgehead atoms. The van der Waals surface area contributed by atoms with E-state index in [1.54, 1.807) is 61.5 Å². The maximum absolute atomic E-state index is 13.2. The summed E-state index contributed by atoms with van der Waals surface area (Å²) in [5, 5.41) is 3.68. The number of benzene rings is 3. The molecule has 34 heavy (non-hydrogen) atoms. The number of anilines is 1. The van der Waals surface area contributed by atoms with Crippen molar-refractivity contribution in [3.05, 3.63) is 87.4 Å². The Morgan fingerprint density at radius 1 is 1.00 bits per heavy atom. The van der Waals surface area contributed by atoms with Crippen molar-refractivity contribution in [2.45, 2.75) is 20.8 Å². The second kappa shape index (κ2) is 9.97. The maximum atomic E-state index is 13.2. The highest BCUT2D eigenvalue weighted by Gasteiger charge is 2.15. The molecule has 4 aromatic rings. The number of rotatable bonds is 7. The van der Waals surface area contributed by atoms with Crippen molar-refractivity contribution in [3.8, 4) is 17.2 Å². The fourth-order valence-electron chi connectivity index (χ4n) is 3.68. The van der Waals surface area contributed by atoms with E-state index in [1.165, 1.54) is 4.57 Å². The van der Waals surface area contributed by atoms with Gasteiger partial charge in [-0.25, -0.2) is 4.98 Å². The first-order valence-corrected chi connectivity index (χ1v) is 11.3. The first kappa shape index (κ1) is 23.3. The summed E-state index contributed by atoms with van der Waals surface area (Å²) in [7, 11) is 0. The number of aromatic nitrogens is 2. The quantitative estimate of drug-likeness (QED) is 0.385. The average molecular weight is 478 g/mol. The van der Waals surface area contributed by atoms with Crippen LogP contribution in [0.4, 0.5) is 5.69 Å². The first-order valence-electron chi connectivity index (χ1n) is 10.9. The second-order valence-electron chi connectivity index (χ2n) is 7.46. The minimum Gasteiger partial charge on any atom is -0.490 e. The predicted octanol–water partition coefficient (Wildman–Crippen LogP) is 5.40. The van der Waals surface area contributed by atoms with Gasteiger partial charge in [-0.1, -0.05) is 23.7 Å². The lowest BCUT2D eigenvalue weighted by molar-refractivity contribution is 0.102. The third-order valence-corrected chi connectivity index (χ3v) is 5.53. The number of nitrogens with one attached hydrogen (secondary N) is 1. The Balaban J connectivity index is 1.69. The molecule has 1 aromatic heterocycles. The minimum absolute atomic E-state index is 0.199. The van der Waals surface area contributed by atoms with E-state index < -0.39 is 0 Å². The van der Waals surface area contributed by atoms with Crippen LogP contribution in [-0.4, -0.2) is 28.7 Å². The normalized spacial score (nSPS) is 10.8. The van der Waals surface area contributed by atoms with E-state index in [2.05, 4.69) is 10.3 Å². The van der Waals surface area contributed by atoms with Crippen LogP contribution in [0.1, 0.15) is 30.0 Å². The molecule has 0 radical (unpaired) electrons. The zero-order valence-corrected chi connectivity index (χ0v) is 19.8. The molecule has 1 heterocycles. The smallest absolute Gasteiger partial charge is 0.265 e. The fraction of sp³-hybridized carbons (Fsp3) is 0.192. The minimum atomic E-state index is -0.372. The summed E-state index contributed by atoms with van der Waals surface area (Å²) in [4.78, 5) is 30.7. The summed E-state index contributed by atoms with van der Waals surface area (Å²) in [6.45, 7) is 6.42. The van der Waals surface area contributed by atoms with Crippen molar-refractivity contribution >= 4 is 34.1 Å². The summed E-state index contributed by atoms with van der Waals surface area (Å²) in [6.07, 6.45) is 0. The number of carbonyl (C=O) groups excluding carboxylic acids is 1. The van der Waals surface area contributed by atoms with Gasteiger partial charge in [0.2, 0.25) is 0 Å². The van der Waals surface area contributed by atoms with Crippen LogP contribution in [0, 0.1) is 6.92 Å². The molecule has 0 spiro atoms. The summed E-state index contributed by atoms with van der Waals surface area (Å²) >= 11 is 6.37. The second-order valence-corrected chi connectivity index (χ2v) is 7.87. The number of hydrogen-bond donors (Lipinski definition) is 1. The fourth-order valence-corrected chi connectivity index (χ4v) is 3.85. The average Bonchev–Trinajstić information content (AvgIpc) is 2.82. The summed E-state index contributed by atoms with van der Waals surface area (Å²) < 4.78 is 12.7. The Bertz CT molecular complexity index is 1430. The van der Waals surface area contributed by atoms with Crippen LogP contribution in [0.5, 0.6) is 11.5 Å². The predicted molar refractivity (Wildman–Crippen MR) is 134 cm³/mol. The number of aryl methyl sites for hydroxylation is 1. The number of hydrogen-bond acceptors (Lipinski definition) is 5. The van der Waals surface area contributed by atoms with E-state index in [4.69, 9.17) is 21.1 Å². The highest BCUT2D eigenvalue weighted by Crippen LogP contribution is 2.30. The van der Waals surface area contributed by atoms with Crippen molar-refractivity contribution in [2.75, 3.05) is 18.5 Å². The van der Waals surface area contributed by atoms with Crippen LogP contribution in [0.15, 0.2) is 65.5 Å². The Kier molecular flexibility index (Phi) is 6.84. The van der Waals surface area contributed by atoms with Gasteiger partial charge < -0.3 is 14.8 Å². The molecule has 8 heteroatoms. The Labute approximate surface area is 201 Å². The molecule has 0 unspecified atom stereocenters. The first-order chi connectivity index (χ1) is 16.4. The molecule has 0 fully saturated rings. The van der Waals surface area contributed by atoms with Crippen LogP contribution in [0.25, 0.3) is 16.6 Å². The van der Waals surface area contributed by atoms with Crippen LogP contribution >= 0.6 is 11.6 Å². The highest BCUT2D eigenvalue weighted by atomic mass is 35.5. The number of ether oxygens (including phenoxy) is 2. The molecule has 1 amide bonds. The van der Waals surface area contributed by atoms with Crippen LogP contribution in [-0.2, 0) is 0 Å². The topological polar surface area (TPSA) is 82.5 Å². The van der Waals surface area contributed by atoms with Crippen LogP contribution < -0.4 is 20.3 Å². The van der Waals surface area contributed by atoms with Crippen molar-refractivity contribution in [1.29, 1.82) is 0 Å². The molecule has 7 nitrogen and oxygen atoms in total. The summed E-state index contributed by atoms with van der Waals surface area (Å²) in [5.74, 6) is 1.21. The van der Waals surface area contributed by atoms with E-state index in [9.17, 15) is 9.59 Å². The van der Waals surface area contributed by atoms with Gasteiger partial charge >= 0.3 is 0 Å². The lowest BCUT2D eigenvalue weighted by Gasteiger charge is -2.15. The third-order valence-electron chi connectivity index (χ3n) is 5.21. The highest BCUT2D eigenvalue weighted by molar-refractivity contribution is 6.34. The zero-order chi connectivity index (χ0) is 24.2. The number of para-hydroxylation sites is 1. The van der Waals surface area contributed by atoms with Gasteiger partial charge in [0.25, 0.3) is 11.5 Å². The molecule has 0 saturated heterocycles. The number of fused-ring (bicyclic) bond motifs is 1. The van der Waals surface area contributed by atoms with E-state index >= 15 is 0 Å². The van der Waals surface area contributed by atoms with Gasteiger partial charge in [0.15, 0.2) is 11.5 Å². The van der Waals surface area contributed by atoms with Gasteiger partial charge in [0.1, 0.15) is 5.82 Å². The van der Waals surface area contributed by atoms with Crippen molar-refractivity contribution in [1.82, 2.24) is 9.55 Å². The molecule has 0 saturated carbocycles. The number of carbonyl (C=O) groups is 1.